The third kappa shape index (κ3) is 4.47. The highest BCUT2D eigenvalue weighted by Gasteiger charge is 2.45. The van der Waals surface area contributed by atoms with Crippen LogP contribution in [0.15, 0.2) is 53.4 Å². The second kappa shape index (κ2) is 8.95. The number of para-hydroxylation sites is 1. The zero-order valence-corrected chi connectivity index (χ0v) is 20.4. The van der Waals surface area contributed by atoms with E-state index < -0.39 is 43.0 Å². The van der Waals surface area contributed by atoms with Crippen LogP contribution in [0.3, 0.4) is 0 Å². The second-order valence-electron chi connectivity index (χ2n) is 9.40. The number of fused-ring (bicyclic) bond motifs is 1. The first-order valence-electron chi connectivity index (χ1n) is 11.3. The molecule has 0 radical (unpaired) electrons. The number of benzene rings is 2. The molecule has 2 aromatic carbocycles. The predicted molar refractivity (Wildman–Crippen MR) is 126 cm³/mol. The molecule has 2 N–H and O–H groups in total. The number of amides is 1. The Morgan fingerprint density at radius 3 is 2.28 bits per heavy atom. The number of alkyl halides is 3. The Bertz CT molecular complexity index is 1430. The summed E-state index contributed by atoms with van der Waals surface area (Å²) in [6.07, 6.45) is -4.05. The average Bonchev–Trinajstić information content (AvgIpc) is 2.83. The van der Waals surface area contributed by atoms with Gasteiger partial charge in [0.2, 0.25) is 0 Å². The molecule has 1 fully saturated rings. The molecule has 11 heteroatoms. The van der Waals surface area contributed by atoms with E-state index in [1.165, 1.54) is 30.9 Å². The fourth-order valence-corrected chi connectivity index (χ4v) is 6.45. The van der Waals surface area contributed by atoms with E-state index in [9.17, 15) is 36.6 Å². The van der Waals surface area contributed by atoms with Crippen molar-refractivity contribution in [1.29, 1.82) is 0 Å². The SMILES string of the molecule is CC(C)(C1CCN(C(=O)c2cc(O)c3cccc(O)c3n2)CC1)S(=O)(=O)c1cccc(C(F)(F)F)c1. The average molecular weight is 523 g/mol. The molecule has 0 spiro atoms. The summed E-state index contributed by atoms with van der Waals surface area (Å²) in [7, 11) is -4.12. The summed E-state index contributed by atoms with van der Waals surface area (Å²) >= 11 is 0. The Hall–Kier alpha value is -3.34. The number of carbonyl (C=O) groups excluding carboxylic acids is 1. The third-order valence-electron chi connectivity index (χ3n) is 6.95. The van der Waals surface area contributed by atoms with Crippen LogP contribution in [0.25, 0.3) is 10.9 Å². The minimum absolute atomic E-state index is 0.0594. The van der Waals surface area contributed by atoms with Crippen molar-refractivity contribution in [2.24, 2.45) is 5.92 Å². The van der Waals surface area contributed by atoms with Gasteiger partial charge >= 0.3 is 6.18 Å². The number of aromatic nitrogens is 1. The van der Waals surface area contributed by atoms with Crippen LogP contribution in [0.1, 0.15) is 42.7 Å². The van der Waals surface area contributed by atoms with Gasteiger partial charge in [0.25, 0.3) is 5.91 Å². The molecular weight excluding hydrogens is 497 g/mol. The highest BCUT2D eigenvalue weighted by molar-refractivity contribution is 7.92. The van der Waals surface area contributed by atoms with E-state index in [4.69, 9.17) is 0 Å². The number of phenolic OH excluding ortho intramolecular Hbond substituents is 1. The Morgan fingerprint density at radius 1 is 1.00 bits per heavy atom. The van der Waals surface area contributed by atoms with Crippen molar-refractivity contribution >= 4 is 26.6 Å². The van der Waals surface area contributed by atoms with Crippen LogP contribution in [-0.2, 0) is 16.0 Å². The van der Waals surface area contributed by atoms with E-state index in [-0.39, 0.29) is 35.8 Å². The maximum Gasteiger partial charge on any atom is 0.416 e. The lowest BCUT2D eigenvalue weighted by atomic mass is 9.85. The molecule has 7 nitrogen and oxygen atoms in total. The Kier molecular flexibility index (Phi) is 6.40. The topological polar surface area (TPSA) is 108 Å². The van der Waals surface area contributed by atoms with Gasteiger partial charge < -0.3 is 15.1 Å². The van der Waals surface area contributed by atoms with Gasteiger partial charge in [-0.2, -0.15) is 13.2 Å². The molecule has 0 aliphatic carbocycles. The number of nitrogens with zero attached hydrogens (tertiary/aromatic N) is 2. The normalized spacial score (nSPS) is 15.9. The van der Waals surface area contributed by atoms with Crippen molar-refractivity contribution in [3.05, 3.63) is 59.8 Å². The largest absolute Gasteiger partial charge is 0.507 e. The van der Waals surface area contributed by atoms with Crippen molar-refractivity contribution in [3.8, 4) is 11.5 Å². The van der Waals surface area contributed by atoms with Gasteiger partial charge in [-0.15, -0.1) is 0 Å². The first-order chi connectivity index (χ1) is 16.7. The highest BCUT2D eigenvalue weighted by atomic mass is 32.2. The smallest absolute Gasteiger partial charge is 0.416 e. The lowest BCUT2D eigenvalue weighted by molar-refractivity contribution is -0.137. The quantitative estimate of drug-likeness (QED) is 0.511. The number of sulfone groups is 1. The van der Waals surface area contributed by atoms with E-state index in [0.717, 1.165) is 18.2 Å². The number of rotatable bonds is 4. The van der Waals surface area contributed by atoms with Gasteiger partial charge in [0.05, 0.1) is 15.2 Å². The van der Waals surface area contributed by atoms with E-state index >= 15 is 0 Å². The number of hydrogen-bond donors (Lipinski definition) is 2. The summed E-state index contributed by atoms with van der Waals surface area (Å²) in [5.74, 6) is -1.28. The van der Waals surface area contributed by atoms with E-state index in [0.29, 0.717) is 24.3 Å². The summed E-state index contributed by atoms with van der Waals surface area (Å²) < 4.78 is 64.7. The number of phenols is 1. The molecule has 0 saturated carbocycles. The fourth-order valence-electron chi connectivity index (χ4n) is 4.63. The Balaban J connectivity index is 1.53. The van der Waals surface area contributed by atoms with Gasteiger partial charge in [-0.1, -0.05) is 12.1 Å². The molecule has 36 heavy (non-hydrogen) atoms. The van der Waals surface area contributed by atoms with Crippen molar-refractivity contribution < 1.29 is 36.6 Å². The van der Waals surface area contributed by atoms with Gasteiger partial charge in [-0.25, -0.2) is 13.4 Å². The highest BCUT2D eigenvalue weighted by Crippen LogP contribution is 2.40. The molecule has 1 saturated heterocycles. The Morgan fingerprint density at radius 2 is 1.64 bits per heavy atom. The number of hydrogen-bond acceptors (Lipinski definition) is 6. The summed E-state index contributed by atoms with van der Waals surface area (Å²) in [4.78, 5) is 18.3. The van der Waals surface area contributed by atoms with E-state index in [2.05, 4.69) is 4.98 Å². The summed E-state index contributed by atoms with van der Waals surface area (Å²) in [5.41, 5.74) is -1.00. The standard InChI is InChI=1S/C25H25F3N2O5S/c1-24(2,36(34,35)17-6-3-5-16(13-17)25(26,27)28)15-9-11-30(12-10-15)23(33)19-14-21(32)18-7-4-8-20(31)22(18)29-19/h3-8,13-15,31H,9-12H2,1-2H3,(H,29,32). The lowest BCUT2D eigenvalue weighted by Crippen LogP contribution is -2.47. The summed E-state index contributed by atoms with van der Waals surface area (Å²) in [6.45, 7) is 3.39. The second-order valence-corrected chi connectivity index (χ2v) is 11.9. The van der Waals surface area contributed by atoms with Gasteiger partial charge in [-0.3, -0.25) is 4.79 Å². The van der Waals surface area contributed by atoms with Gasteiger partial charge in [0.15, 0.2) is 9.84 Å². The first kappa shape index (κ1) is 25.7. The number of pyridine rings is 1. The molecule has 1 aliphatic heterocycles. The summed E-state index contributed by atoms with van der Waals surface area (Å²) in [5, 5.41) is 20.6. The monoisotopic (exact) mass is 522 g/mol. The van der Waals surface area contributed by atoms with Crippen molar-refractivity contribution in [2.75, 3.05) is 13.1 Å². The number of likely N-dealkylation sites (tertiary alicyclic amines) is 1. The van der Waals surface area contributed by atoms with Crippen LogP contribution in [0.5, 0.6) is 11.5 Å². The molecule has 3 aromatic rings. The molecule has 0 unspecified atom stereocenters. The lowest BCUT2D eigenvalue weighted by Gasteiger charge is -2.40. The van der Waals surface area contributed by atoms with Crippen LogP contribution in [0.4, 0.5) is 13.2 Å². The van der Waals surface area contributed by atoms with Crippen LogP contribution in [0, 0.1) is 5.92 Å². The van der Waals surface area contributed by atoms with Crippen LogP contribution >= 0.6 is 0 Å². The molecule has 2 heterocycles. The van der Waals surface area contributed by atoms with Crippen LogP contribution in [0.2, 0.25) is 0 Å². The zero-order valence-electron chi connectivity index (χ0n) is 19.6. The van der Waals surface area contributed by atoms with Crippen molar-refractivity contribution in [1.82, 2.24) is 9.88 Å². The fraction of sp³-hybridized carbons (Fsp3) is 0.360. The van der Waals surface area contributed by atoms with E-state index in [1.807, 2.05) is 0 Å². The predicted octanol–water partition coefficient (Wildman–Crippen LogP) is 4.77. The molecule has 1 aliphatic rings. The third-order valence-corrected chi connectivity index (χ3v) is 9.54. The molecule has 0 atom stereocenters. The number of halogens is 3. The maximum atomic E-state index is 13.4. The molecule has 192 valence electrons. The molecule has 4 rings (SSSR count). The minimum Gasteiger partial charge on any atom is -0.507 e. The number of piperidine rings is 1. The van der Waals surface area contributed by atoms with Crippen LogP contribution < -0.4 is 0 Å². The van der Waals surface area contributed by atoms with Crippen molar-refractivity contribution in [2.45, 2.75) is 42.5 Å². The number of carbonyl (C=O) groups is 1. The van der Waals surface area contributed by atoms with Crippen LogP contribution in [-0.4, -0.2) is 52.3 Å². The summed E-state index contributed by atoms with van der Waals surface area (Å²) in [6, 6.07) is 9.44. The van der Waals surface area contributed by atoms with Crippen molar-refractivity contribution in [3.63, 3.8) is 0 Å². The Labute approximate surface area is 206 Å². The molecule has 0 bridgehead atoms. The zero-order chi connectivity index (χ0) is 26.5. The van der Waals surface area contributed by atoms with Gasteiger partial charge in [0.1, 0.15) is 22.7 Å². The maximum absolute atomic E-state index is 13.4. The minimum atomic E-state index is -4.66. The number of aromatic hydroxyl groups is 2. The molecular formula is C25H25F3N2O5S. The molecule has 1 aromatic heterocycles. The van der Waals surface area contributed by atoms with E-state index in [1.54, 1.807) is 12.1 Å². The molecule has 1 amide bonds. The first-order valence-corrected chi connectivity index (χ1v) is 12.7. The van der Waals surface area contributed by atoms with Gasteiger partial charge in [-0.05, 0) is 62.9 Å². The van der Waals surface area contributed by atoms with Gasteiger partial charge in [0, 0.05) is 24.5 Å².